The van der Waals surface area contributed by atoms with Crippen molar-refractivity contribution in [2.75, 3.05) is 18.8 Å². The summed E-state index contributed by atoms with van der Waals surface area (Å²) in [6.45, 7) is 3.60. The number of nitrogens with two attached hydrogens (primary N) is 1. The SMILES string of the molecule is CCn1cnnc1[C@@H]1CCCN(S(=O)(=O)c2cc(Br)cnc2N)C1. The topological polar surface area (TPSA) is 107 Å². The molecule has 0 radical (unpaired) electrons. The van der Waals surface area contributed by atoms with E-state index >= 15 is 0 Å². The fourth-order valence-corrected chi connectivity index (χ4v) is 5.07. The molecule has 24 heavy (non-hydrogen) atoms. The van der Waals surface area contributed by atoms with E-state index in [1.54, 1.807) is 6.33 Å². The summed E-state index contributed by atoms with van der Waals surface area (Å²) < 4.78 is 29.9. The highest BCUT2D eigenvalue weighted by Crippen LogP contribution is 2.31. The van der Waals surface area contributed by atoms with Crippen molar-refractivity contribution < 1.29 is 8.42 Å². The second kappa shape index (κ2) is 6.77. The zero-order valence-electron chi connectivity index (χ0n) is 13.3. The Hall–Kier alpha value is -1.52. The largest absolute Gasteiger partial charge is 0.383 e. The van der Waals surface area contributed by atoms with E-state index in [2.05, 4.69) is 31.1 Å². The molecule has 2 aromatic rings. The van der Waals surface area contributed by atoms with Gasteiger partial charge in [-0.05, 0) is 41.8 Å². The van der Waals surface area contributed by atoms with Crippen molar-refractivity contribution in [1.82, 2.24) is 24.1 Å². The van der Waals surface area contributed by atoms with Gasteiger partial charge in [-0.2, -0.15) is 4.31 Å². The number of rotatable bonds is 4. The van der Waals surface area contributed by atoms with Gasteiger partial charge in [-0.3, -0.25) is 0 Å². The van der Waals surface area contributed by atoms with Gasteiger partial charge in [0.1, 0.15) is 22.9 Å². The number of anilines is 1. The molecule has 1 aliphatic rings. The molecule has 3 heterocycles. The summed E-state index contributed by atoms with van der Waals surface area (Å²) in [6, 6.07) is 1.50. The third-order valence-corrected chi connectivity index (χ3v) is 6.53. The Balaban J connectivity index is 1.90. The number of halogens is 1. The number of hydrogen-bond donors (Lipinski definition) is 1. The molecule has 8 nitrogen and oxygen atoms in total. The van der Waals surface area contributed by atoms with Crippen molar-refractivity contribution in [3.8, 4) is 0 Å². The van der Waals surface area contributed by atoms with Crippen LogP contribution in [0, 0.1) is 0 Å². The predicted molar refractivity (Wildman–Crippen MR) is 92.8 cm³/mol. The van der Waals surface area contributed by atoms with E-state index in [1.165, 1.54) is 16.6 Å². The zero-order chi connectivity index (χ0) is 17.3. The van der Waals surface area contributed by atoms with Crippen molar-refractivity contribution in [2.24, 2.45) is 0 Å². The van der Waals surface area contributed by atoms with E-state index < -0.39 is 10.0 Å². The van der Waals surface area contributed by atoms with Crippen LogP contribution in [0.25, 0.3) is 0 Å². The minimum Gasteiger partial charge on any atom is -0.383 e. The van der Waals surface area contributed by atoms with Gasteiger partial charge in [0.05, 0.1) is 0 Å². The van der Waals surface area contributed by atoms with Gasteiger partial charge in [-0.15, -0.1) is 10.2 Å². The average molecular weight is 415 g/mol. The molecule has 0 saturated carbocycles. The Morgan fingerprint density at radius 2 is 2.25 bits per heavy atom. The van der Waals surface area contributed by atoms with E-state index in [0.717, 1.165) is 25.2 Å². The Morgan fingerprint density at radius 3 is 3.00 bits per heavy atom. The number of nitrogens with zero attached hydrogens (tertiary/aromatic N) is 5. The zero-order valence-corrected chi connectivity index (χ0v) is 15.7. The lowest BCUT2D eigenvalue weighted by Crippen LogP contribution is -2.40. The maximum atomic E-state index is 13.0. The number of aryl methyl sites for hydroxylation is 1. The summed E-state index contributed by atoms with van der Waals surface area (Å²) in [5, 5.41) is 8.13. The normalized spacial score (nSPS) is 19.5. The molecule has 1 fully saturated rings. The smallest absolute Gasteiger partial charge is 0.246 e. The maximum Gasteiger partial charge on any atom is 0.246 e. The quantitative estimate of drug-likeness (QED) is 0.813. The highest BCUT2D eigenvalue weighted by atomic mass is 79.9. The van der Waals surface area contributed by atoms with Crippen LogP contribution in [-0.4, -0.2) is 45.6 Å². The third-order valence-electron chi connectivity index (χ3n) is 4.20. The number of pyridine rings is 1. The third kappa shape index (κ3) is 3.17. The number of sulfonamides is 1. The molecule has 1 saturated heterocycles. The Kier molecular flexibility index (Phi) is 4.88. The first-order valence-electron chi connectivity index (χ1n) is 7.72. The number of piperidine rings is 1. The highest BCUT2D eigenvalue weighted by molar-refractivity contribution is 9.10. The van der Waals surface area contributed by atoms with E-state index in [-0.39, 0.29) is 16.6 Å². The first kappa shape index (κ1) is 17.3. The maximum absolute atomic E-state index is 13.0. The highest BCUT2D eigenvalue weighted by Gasteiger charge is 2.34. The molecule has 1 atom stereocenters. The minimum absolute atomic E-state index is 0.0112. The van der Waals surface area contributed by atoms with Crippen LogP contribution in [0.3, 0.4) is 0 Å². The van der Waals surface area contributed by atoms with Gasteiger partial charge < -0.3 is 10.3 Å². The van der Waals surface area contributed by atoms with Gasteiger partial charge >= 0.3 is 0 Å². The van der Waals surface area contributed by atoms with Crippen molar-refractivity contribution in [3.05, 3.63) is 28.9 Å². The first-order valence-corrected chi connectivity index (χ1v) is 9.95. The van der Waals surface area contributed by atoms with Crippen LogP contribution in [-0.2, 0) is 16.6 Å². The van der Waals surface area contributed by atoms with Crippen LogP contribution < -0.4 is 5.73 Å². The van der Waals surface area contributed by atoms with Gasteiger partial charge in [0.25, 0.3) is 0 Å². The van der Waals surface area contributed by atoms with Crippen molar-refractivity contribution in [1.29, 1.82) is 0 Å². The lowest BCUT2D eigenvalue weighted by Gasteiger charge is -2.31. The van der Waals surface area contributed by atoms with Crippen molar-refractivity contribution >= 4 is 31.8 Å². The molecule has 0 aliphatic carbocycles. The Morgan fingerprint density at radius 1 is 1.46 bits per heavy atom. The molecule has 0 aromatic carbocycles. The van der Waals surface area contributed by atoms with Crippen molar-refractivity contribution in [2.45, 2.75) is 37.1 Å². The van der Waals surface area contributed by atoms with Gasteiger partial charge in [0.15, 0.2) is 0 Å². The average Bonchev–Trinajstić information content (AvgIpc) is 3.06. The molecular weight excluding hydrogens is 396 g/mol. The fourth-order valence-electron chi connectivity index (χ4n) is 2.97. The Labute approximate surface area is 149 Å². The summed E-state index contributed by atoms with van der Waals surface area (Å²) in [5.41, 5.74) is 5.79. The molecular formula is C14H19BrN6O2S. The molecule has 1 aliphatic heterocycles. The molecule has 130 valence electrons. The van der Waals surface area contributed by atoms with Gasteiger partial charge in [0, 0.05) is 36.2 Å². The molecule has 0 amide bonds. The lowest BCUT2D eigenvalue weighted by atomic mass is 9.99. The monoisotopic (exact) mass is 414 g/mol. The number of nitrogen functional groups attached to an aromatic ring is 1. The number of hydrogen-bond acceptors (Lipinski definition) is 6. The Bertz CT molecular complexity index is 838. The fraction of sp³-hybridized carbons (Fsp3) is 0.500. The van der Waals surface area contributed by atoms with Crippen molar-refractivity contribution in [3.63, 3.8) is 0 Å². The summed E-state index contributed by atoms with van der Waals surface area (Å²) in [5.74, 6) is 0.868. The molecule has 0 unspecified atom stereocenters. The van der Waals surface area contributed by atoms with Crippen LogP contribution in [0.15, 0.2) is 28.0 Å². The van der Waals surface area contributed by atoms with Crippen LogP contribution >= 0.6 is 15.9 Å². The lowest BCUT2D eigenvalue weighted by molar-refractivity contribution is 0.305. The second-order valence-electron chi connectivity index (χ2n) is 5.71. The summed E-state index contributed by atoms with van der Waals surface area (Å²) >= 11 is 3.25. The second-order valence-corrected chi connectivity index (χ2v) is 8.54. The van der Waals surface area contributed by atoms with Gasteiger partial charge in [-0.1, -0.05) is 0 Å². The summed E-state index contributed by atoms with van der Waals surface area (Å²) in [6.07, 6.45) is 4.81. The van der Waals surface area contributed by atoms with E-state index in [0.29, 0.717) is 17.6 Å². The van der Waals surface area contributed by atoms with Crippen LogP contribution in [0.1, 0.15) is 31.5 Å². The van der Waals surface area contributed by atoms with Crippen LogP contribution in [0.4, 0.5) is 5.82 Å². The molecule has 2 N–H and O–H groups in total. The summed E-state index contributed by atoms with van der Waals surface area (Å²) in [4.78, 5) is 3.97. The molecule has 3 rings (SSSR count). The minimum atomic E-state index is -3.70. The first-order chi connectivity index (χ1) is 11.4. The molecule has 0 bridgehead atoms. The number of aromatic nitrogens is 4. The van der Waals surface area contributed by atoms with Crippen LogP contribution in [0.2, 0.25) is 0 Å². The molecule has 0 spiro atoms. The van der Waals surface area contributed by atoms with Gasteiger partial charge in [0.2, 0.25) is 10.0 Å². The van der Waals surface area contributed by atoms with E-state index in [4.69, 9.17) is 5.73 Å². The van der Waals surface area contributed by atoms with Gasteiger partial charge in [-0.25, -0.2) is 13.4 Å². The standard InChI is InChI=1S/C14H19BrN6O2S/c1-2-20-9-18-19-14(20)10-4-3-5-21(8-10)24(22,23)12-6-11(15)7-17-13(12)16/h6-7,9-10H,2-5,8H2,1H3,(H2,16,17)/t10-/m1/s1. The van der Waals surface area contributed by atoms with Crippen LogP contribution in [0.5, 0.6) is 0 Å². The predicted octanol–water partition coefficient (Wildman–Crippen LogP) is 1.61. The van der Waals surface area contributed by atoms with E-state index in [1.807, 2.05) is 11.5 Å². The molecule has 10 heteroatoms. The summed E-state index contributed by atoms with van der Waals surface area (Å²) in [7, 11) is -3.70. The molecule has 2 aromatic heterocycles. The van der Waals surface area contributed by atoms with E-state index in [9.17, 15) is 8.42 Å².